The average Bonchev–Trinajstić information content (AvgIpc) is 3.03. The van der Waals surface area contributed by atoms with Gasteiger partial charge in [0, 0.05) is 18.7 Å². The van der Waals surface area contributed by atoms with E-state index in [0.29, 0.717) is 22.2 Å². The van der Waals surface area contributed by atoms with Gasteiger partial charge in [-0.2, -0.15) is 0 Å². The lowest BCUT2D eigenvalue weighted by Crippen LogP contribution is -2.29. The lowest BCUT2D eigenvalue weighted by Gasteiger charge is -2.14. The van der Waals surface area contributed by atoms with Crippen molar-refractivity contribution in [2.24, 2.45) is 0 Å². The number of thioether (sulfide) groups is 1. The van der Waals surface area contributed by atoms with Gasteiger partial charge in [0.1, 0.15) is 4.32 Å². The highest BCUT2D eigenvalue weighted by Gasteiger charge is 2.30. The summed E-state index contributed by atoms with van der Waals surface area (Å²) in [5.74, 6) is -0.0157. The van der Waals surface area contributed by atoms with E-state index >= 15 is 0 Å². The van der Waals surface area contributed by atoms with Gasteiger partial charge >= 0.3 is 0 Å². The maximum absolute atomic E-state index is 12.6. The number of benzene rings is 2. The zero-order valence-electron chi connectivity index (χ0n) is 17.5. The molecule has 0 radical (unpaired) electrons. The molecule has 2 aromatic carbocycles. The Morgan fingerprint density at radius 3 is 2.58 bits per heavy atom. The van der Waals surface area contributed by atoms with Crippen LogP contribution in [-0.4, -0.2) is 27.6 Å². The van der Waals surface area contributed by atoms with Crippen molar-refractivity contribution in [3.8, 4) is 0 Å². The second-order valence-corrected chi connectivity index (χ2v) is 8.98. The minimum atomic E-state index is -0.0370. The van der Waals surface area contributed by atoms with Gasteiger partial charge in [-0.05, 0) is 43.0 Å². The van der Waals surface area contributed by atoms with Crippen LogP contribution in [0.4, 0.5) is 5.69 Å². The van der Waals surface area contributed by atoms with Crippen LogP contribution in [0.25, 0.3) is 6.08 Å². The molecule has 1 fully saturated rings. The van der Waals surface area contributed by atoms with E-state index in [1.165, 1.54) is 11.8 Å². The molecule has 1 aliphatic heterocycles. The third-order valence-corrected chi connectivity index (χ3v) is 6.31. The Morgan fingerprint density at radius 1 is 1.06 bits per heavy atom. The maximum atomic E-state index is 12.6. The topological polar surface area (TPSA) is 49.4 Å². The first-order valence-corrected chi connectivity index (χ1v) is 11.6. The number of aryl methyl sites for hydroxylation is 1. The first-order chi connectivity index (χ1) is 15.0. The molecule has 4 nitrogen and oxygen atoms in total. The summed E-state index contributed by atoms with van der Waals surface area (Å²) in [5.41, 5.74) is 3.00. The number of carbonyl (C=O) groups excluding carboxylic acids is 2. The molecule has 1 N–H and O–H groups in total. The molecular weight excluding hydrogens is 424 g/mol. The Labute approximate surface area is 193 Å². The summed E-state index contributed by atoms with van der Waals surface area (Å²) in [6, 6.07) is 17.7. The predicted molar refractivity (Wildman–Crippen MR) is 134 cm³/mol. The van der Waals surface area contributed by atoms with Gasteiger partial charge in [-0.1, -0.05) is 91.1 Å². The zero-order valence-corrected chi connectivity index (χ0v) is 19.2. The van der Waals surface area contributed by atoms with E-state index < -0.39 is 0 Å². The van der Waals surface area contributed by atoms with Crippen molar-refractivity contribution in [1.29, 1.82) is 0 Å². The molecule has 0 aromatic heterocycles. The number of rotatable bonds is 9. The third-order valence-electron chi connectivity index (χ3n) is 4.91. The summed E-state index contributed by atoms with van der Waals surface area (Å²) in [6.45, 7) is 2.56. The number of amides is 2. The number of hydrogen-bond donors (Lipinski definition) is 1. The Kier molecular flexibility index (Phi) is 8.62. The van der Waals surface area contributed by atoms with Crippen LogP contribution in [0.5, 0.6) is 0 Å². The Morgan fingerprint density at radius 2 is 1.81 bits per heavy atom. The first-order valence-electron chi connectivity index (χ1n) is 10.4. The van der Waals surface area contributed by atoms with Crippen LogP contribution in [0.3, 0.4) is 0 Å². The van der Waals surface area contributed by atoms with Crippen molar-refractivity contribution in [2.75, 3.05) is 11.9 Å². The van der Waals surface area contributed by atoms with E-state index in [1.54, 1.807) is 4.90 Å². The number of carbonyl (C=O) groups is 2. The summed E-state index contributed by atoms with van der Waals surface area (Å²) in [7, 11) is 0. The SMILES string of the molecule is Cc1ccccc1NC(=O)CCCCCN1C(=O)/C(=C/C=C/c2ccccc2)SC1=S. The van der Waals surface area contributed by atoms with Crippen LogP contribution in [0.15, 0.2) is 71.7 Å². The van der Waals surface area contributed by atoms with E-state index in [4.69, 9.17) is 12.2 Å². The standard InChI is InChI=1S/C25H26N2O2S2/c1-19-11-7-8-15-21(19)26-23(28)17-6-3-9-18-27-24(29)22(31-25(27)30)16-10-14-20-12-4-2-5-13-20/h2,4-5,7-8,10-16H,3,6,9,17-18H2,1H3,(H,26,28)/b14-10+,22-16-. The van der Waals surface area contributed by atoms with E-state index in [0.717, 1.165) is 36.1 Å². The molecule has 0 saturated carbocycles. The molecule has 0 spiro atoms. The molecule has 2 amide bonds. The fourth-order valence-electron chi connectivity index (χ4n) is 3.18. The van der Waals surface area contributed by atoms with Gasteiger partial charge < -0.3 is 5.32 Å². The number of nitrogens with zero attached hydrogens (tertiary/aromatic N) is 1. The molecular formula is C25H26N2O2S2. The molecule has 2 aromatic rings. The fraction of sp³-hybridized carbons (Fsp3) is 0.240. The number of para-hydroxylation sites is 1. The smallest absolute Gasteiger partial charge is 0.266 e. The summed E-state index contributed by atoms with van der Waals surface area (Å²) >= 11 is 6.72. The van der Waals surface area contributed by atoms with Crippen molar-refractivity contribution in [1.82, 2.24) is 4.90 Å². The van der Waals surface area contributed by atoms with Gasteiger partial charge in [0.05, 0.1) is 4.91 Å². The van der Waals surface area contributed by atoms with E-state index in [9.17, 15) is 9.59 Å². The van der Waals surface area contributed by atoms with Gasteiger partial charge in [0.2, 0.25) is 5.91 Å². The number of nitrogens with one attached hydrogen (secondary N) is 1. The highest BCUT2D eigenvalue weighted by Crippen LogP contribution is 2.31. The van der Waals surface area contributed by atoms with Gasteiger partial charge in [-0.3, -0.25) is 14.5 Å². The van der Waals surface area contributed by atoms with Crippen molar-refractivity contribution >= 4 is 51.9 Å². The molecule has 3 rings (SSSR count). The van der Waals surface area contributed by atoms with Gasteiger partial charge in [0.25, 0.3) is 5.91 Å². The molecule has 6 heteroatoms. The van der Waals surface area contributed by atoms with Gasteiger partial charge in [0.15, 0.2) is 0 Å². The first kappa shape index (κ1) is 23.0. The summed E-state index contributed by atoms with van der Waals surface area (Å²) in [6.07, 6.45) is 8.60. The lowest BCUT2D eigenvalue weighted by molar-refractivity contribution is -0.122. The molecule has 0 atom stereocenters. The van der Waals surface area contributed by atoms with Crippen LogP contribution in [0.2, 0.25) is 0 Å². The molecule has 0 aliphatic carbocycles. The largest absolute Gasteiger partial charge is 0.326 e. The number of thiocarbonyl (C=S) groups is 1. The summed E-state index contributed by atoms with van der Waals surface area (Å²) < 4.78 is 0.599. The van der Waals surface area contributed by atoms with Crippen LogP contribution in [-0.2, 0) is 9.59 Å². The number of hydrogen-bond acceptors (Lipinski definition) is 4. The second kappa shape index (κ2) is 11.6. The Balaban J connectivity index is 1.39. The molecule has 0 unspecified atom stereocenters. The summed E-state index contributed by atoms with van der Waals surface area (Å²) in [5, 5.41) is 2.95. The lowest BCUT2D eigenvalue weighted by atomic mass is 10.1. The molecule has 160 valence electrons. The van der Waals surface area contributed by atoms with Crippen LogP contribution < -0.4 is 5.32 Å². The van der Waals surface area contributed by atoms with Crippen LogP contribution in [0, 0.1) is 6.92 Å². The average molecular weight is 451 g/mol. The van der Waals surface area contributed by atoms with E-state index in [1.807, 2.05) is 79.7 Å². The normalized spacial score (nSPS) is 15.3. The van der Waals surface area contributed by atoms with Crippen molar-refractivity contribution in [2.45, 2.75) is 32.6 Å². The maximum Gasteiger partial charge on any atom is 0.266 e. The van der Waals surface area contributed by atoms with Gasteiger partial charge in [-0.25, -0.2) is 0 Å². The molecule has 1 saturated heterocycles. The van der Waals surface area contributed by atoms with Crippen molar-refractivity contribution < 1.29 is 9.59 Å². The highest BCUT2D eigenvalue weighted by molar-refractivity contribution is 8.26. The predicted octanol–water partition coefficient (Wildman–Crippen LogP) is 5.95. The fourth-order valence-corrected chi connectivity index (χ4v) is 4.44. The third kappa shape index (κ3) is 6.91. The molecule has 1 aliphatic rings. The monoisotopic (exact) mass is 450 g/mol. The van der Waals surface area contributed by atoms with Crippen LogP contribution >= 0.6 is 24.0 Å². The minimum absolute atomic E-state index is 0.0213. The number of unbranched alkanes of at least 4 members (excludes halogenated alkanes) is 2. The Bertz CT molecular complexity index is 1000. The van der Waals surface area contributed by atoms with Crippen LogP contribution in [0.1, 0.15) is 36.8 Å². The van der Waals surface area contributed by atoms with E-state index in [2.05, 4.69) is 5.32 Å². The quantitative estimate of drug-likeness (QED) is 0.291. The zero-order chi connectivity index (χ0) is 22.1. The number of anilines is 1. The van der Waals surface area contributed by atoms with Crippen molar-refractivity contribution in [3.05, 3.63) is 82.8 Å². The Hall–Kier alpha value is -2.70. The molecule has 1 heterocycles. The number of allylic oxidation sites excluding steroid dienone is 2. The molecule has 0 bridgehead atoms. The van der Waals surface area contributed by atoms with Crippen molar-refractivity contribution in [3.63, 3.8) is 0 Å². The molecule has 31 heavy (non-hydrogen) atoms. The van der Waals surface area contributed by atoms with E-state index in [-0.39, 0.29) is 11.8 Å². The summed E-state index contributed by atoms with van der Waals surface area (Å²) in [4.78, 5) is 27.0. The highest BCUT2D eigenvalue weighted by atomic mass is 32.2. The van der Waals surface area contributed by atoms with Gasteiger partial charge in [-0.15, -0.1) is 0 Å². The second-order valence-electron chi connectivity index (χ2n) is 7.30. The minimum Gasteiger partial charge on any atom is -0.326 e.